The van der Waals surface area contributed by atoms with Gasteiger partial charge in [0.05, 0.1) is 17.5 Å². The lowest BCUT2D eigenvalue weighted by Gasteiger charge is -2.39. The number of rotatable bonds is 12. The molecule has 0 aliphatic carbocycles. The molecule has 15 nitrogen and oxygen atoms in total. The molecule has 0 aromatic carbocycles. The number of nitrogens with two attached hydrogens (primary N) is 3. The number of primary amides is 3. The lowest BCUT2D eigenvalue weighted by molar-refractivity contribution is -0.142. The average Bonchev–Trinajstić information content (AvgIpc) is 3.23. The summed E-state index contributed by atoms with van der Waals surface area (Å²) in [7, 11) is 0. The molecule has 1 fully saturated rings. The summed E-state index contributed by atoms with van der Waals surface area (Å²) in [6.07, 6.45) is 0.429. The molecule has 3 unspecified atom stereocenters. The van der Waals surface area contributed by atoms with Crippen molar-refractivity contribution in [2.75, 3.05) is 18.1 Å². The summed E-state index contributed by atoms with van der Waals surface area (Å²) in [5.74, 6) is -5.42. The van der Waals surface area contributed by atoms with E-state index in [9.17, 15) is 28.8 Å². The van der Waals surface area contributed by atoms with E-state index in [2.05, 4.69) is 15.6 Å². The van der Waals surface area contributed by atoms with E-state index in [1.165, 1.54) is 4.90 Å². The van der Waals surface area contributed by atoms with E-state index in [4.69, 9.17) is 22.3 Å². The molecule has 198 valence electrons. The van der Waals surface area contributed by atoms with Gasteiger partial charge < -0.3 is 32.5 Å². The minimum atomic E-state index is -1.11. The zero-order valence-corrected chi connectivity index (χ0v) is 20.7. The van der Waals surface area contributed by atoms with Crippen LogP contribution in [0.25, 0.3) is 0 Å². The highest BCUT2D eigenvalue weighted by molar-refractivity contribution is 8.00. The fraction of sp³-hybridized carbons (Fsp3) is 0.600. The third-order valence-electron chi connectivity index (χ3n) is 5.52. The van der Waals surface area contributed by atoms with Crippen molar-refractivity contribution in [2.45, 2.75) is 51.2 Å². The van der Waals surface area contributed by atoms with Crippen molar-refractivity contribution in [3.63, 3.8) is 0 Å². The molecule has 0 saturated carbocycles. The highest BCUT2D eigenvalue weighted by Crippen LogP contribution is 2.29. The van der Waals surface area contributed by atoms with Crippen LogP contribution < -0.4 is 22.5 Å². The fourth-order valence-corrected chi connectivity index (χ4v) is 4.57. The Balaban J connectivity index is 2.35. The van der Waals surface area contributed by atoms with Gasteiger partial charge in [-0.15, -0.1) is 16.9 Å². The van der Waals surface area contributed by atoms with Crippen molar-refractivity contribution in [1.29, 1.82) is 0 Å². The minimum absolute atomic E-state index is 0.0323. The Morgan fingerprint density at radius 1 is 1.11 bits per heavy atom. The normalized spacial score (nSPS) is 18.5. The monoisotopic (exact) mass is 526 g/mol. The van der Waals surface area contributed by atoms with Crippen molar-refractivity contribution in [3.8, 4) is 0 Å². The Labute approximate surface area is 210 Å². The van der Waals surface area contributed by atoms with Crippen molar-refractivity contribution in [1.82, 2.24) is 25.2 Å². The fourth-order valence-electron chi connectivity index (χ4n) is 3.95. The number of nitrogens with zero attached hydrogens (tertiary/aromatic N) is 4. The van der Waals surface area contributed by atoms with Gasteiger partial charge in [-0.2, -0.15) is 0 Å². The molecule has 1 aromatic heterocycles. The Morgan fingerprint density at radius 2 is 1.78 bits per heavy atom. The van der Waals surface area contributed by atoms with Crippen LogP contribution in [0.15, 0.2) is 0 Å². The number of hydrogen-bond donors (Lipinski definition) is 5. The highest BCUT2D eigenvalue weighted by Gasteiger charge is 2.40. The summed E-state index contributed by atoms with van der Waals surface area (Å²) < 4.78 is 1.11. The van der Waals surface area contributed by atoms with Crippen LogP contribution in [0, 0.1) is 5.92 Å². The standard InChI is InChI=1S/C20H30N8O7S/c1-9(2)5-11(17(21)32)24-20(35)12-6-10(3-4-27(12)13(29)7-36-8-14(30)31)28-16(19(23)34)15(18(22)33)25-26-28/h9-12H,3-8H2,1-2H3,(H2,21,32)(H2,22,33)(H2,23,34)(H,24,35)(H,30,31). The number of aromatic nitrogens is 3. The van der Waals surface area contributed by atoms with Crippen molar-refractivity contribution in [2.24, 2.45) is 23.1 Å². The highest BCUT2D eigenvalue weighted by atomic mass is 32.2. The third kappa shape index (κ3) is 7.16. The van der Waals surface area contributed by atoms with Gasteiger partial charge in [-0.3, -0.25) is 28.8 Å². The summed E-state index contributed by atoms with van der Waals surface area (Å²) in [5.41, 5.74) is 15.4. The van der Waals surface area contributed by atoms with Gasteiger partial charge in [0.15, 0.2) is 11.4 Å². The molecule has 0 bridgehead atoms. The van der Waals surface area contributed by atoms with Crippen LogP contribution in [-0.2, 0) is 19.2 Å². The lowest BCUT2D eigenvalue weighted by Crippen LogP contribution is -2.57. The molecular formula is C20H30N8O7S. The number of piperidine rings is 1. The van der Waals surface area contributed by atoms with E-state index in [0.29, 0.717) is 0 Å². The number of thioether (sulfide) groups is 1. The van der Waals surface area contributed by atoms with Gasteiger partial charge in [-0.05, 0) is 25.2 Å². The number of aliphatic carboxylic acids is 1. The maximum atomic E-state index is 13.3. The van der Waals surface area contributed by atoms with E-state index in [1.54, 1.807) is 0 Å². The van der Waals surface area contributed by atoms with Gasteiger partial charge in [0, 0.05) is 6.54 Å². The summed E-state index contributed by atoms with van der Waals surface area (Å²) in [5, 5.41) is 18.9. The van der Waals surface area contributed by atoms with Gasteiger partial charge in [0.25, 0.3) is 11.8 Å². The number of carbonyl (C=O) groups excluding carboxylic acids is 5. The first-order valence-corrected chi connectivity index (χ1v) is 12.2. The number of hydrogen-bond acceptors (Lipinski definition) is 9. The van der Waals surface area contributed by atoms with E-state index < -0.39 is 59.3 Å². The smallest absolute Gasteiger partial charge is 0.313 e. The molecule has 16 heteroatoms. The largest absolute Gasteiger partial charge is 0.481 e. The van der Waals surface area contributed by atoms with Crippen LogP contribution in [0.1, 0.15) is 60.1 Å². The molecule has 1 saturated heterocycles. The molecule has 2 heterocycles. The van der Waals surface area contributed by atoms with E-state index >= 15 is 0 Å². The number of nitrogens with one attached hydrogen (secondary N) is 1. The molecule has 0 radical (unpaired) electrons. The number of carboxylic acid groups (broad SMARTS) is 1. The molecule has 36 heavy (non-hydrogen) atoms. The SMILES string of the molecule is CC(C)CC(NC(=O)C1CC(n2nnc(C(N)=O)c2C(N)=O)CCN1C(=O)CSCC(=O)O)C(N)=O. The summed E-state index contributed by atoms with van der Waals surface area (Å²) in [6, 6.07) is -2.76. The van der Waals surface area contributed by atoms with Gasteiger partial charge in [-0.25, -0.2) is 4.68 Å². The van der Waals surface area contributed by atoms with E-state index in [1.807, 2.05) is 13.8 Å². The molecule has 0 spiro atoms. The van der Waals surface area contributed by atoms with Crippen molar-refractivity contribution >= 4 is 47.3 Å². The molecule has 8 N–H and O–H groups in total. The number of carboxylic acids is 1. The number of carbonyl (C=O) groups is 6. The van der Waals surface area contributed by atoms with E-state index in [-0.39, 0.29) is 48.9 Å². The molecule has 1 aliphatic heterocycles. The molecule has 5 amide bonds. The van der Waals surface area contributed by atoms with Crippen LogP contribution in [0.3, 0.4) is 0 Å². The van der Waals surface area contributed by atoms with Crippen LogP contribution >= 0.6 is 11.8 Å². The van der Waals surface area contributed by atoms with Crippen LogP contribution in [0.4, 0.5) is 0 Å². The Morgan fingerprint density at radius 3 is 2.31 bits per heavy atom. The van der Waals surface area contributed by atoms with Gasteiger partial charge in [0.2, 0.25) is 17.7 Å². The third-order valence-corrected chi connectivity index (χ3v) is 6.43. The Bertz CT molecular complexity index is 1040. The first kappa shape index (κ1) is 28.5. The summed E-state index contributed by atoms with van der Waals surface area (Å²) >= 11 is 0.877. The molecule has 1 aliphatic rings. The average molecular weight is 527 g/mol. The summed E-state index contributed by atoms with van der Waals surface area (Å²) in [4.78, 5) is 73.8. The zero-order chi connectivity index (χ0) is 27.2. The second-order valence-electron chi connectivity index (χ2n) is 8.72. The zero-order valence-electron chi connectivity index (χ0n) is 19.9. The Hall–Kier alpha value is -3.69. The minimum Gasteiger partial charge on any atom is -0.481 e. The second kappa shape index (κ2) is 12.3. The first-order valence-electron chi connectivity index (χ1n) is 11.1. The second-order valence-corrected chi connectivity index (χ2v) is 9.71. The molecular weight excluding hydrogens is 496 g/mol. The van der Waals surface area contributed by atoms with E-state index in [0.717, 1.165) is 16.4 Å². The quantitative estimate of drug-likeness (QED) is 0.197. The summed E-state index contributed by atoms with van der Waals surface area (Å²) in [6.45, 7) is 3.73. The Kier molecular flexibility index (Phi) is 9.77. The number of likely N-dealkylation sites (tertiary alicyclic amines) is 1. The predicted molar refractivity (Wildman–Crippen MR) is 126 cm³/mol. The van der Waals surface area contributed by atoms with Crippen LogP contribution in [0.2, 0.25) is 0 Å². The first-order chi connectivity index (χ1) is 16.8. The molecule has 3 atom stereocenters. The maximum Gasteiger partial charge on any atom is 0.313 e. The van der Waals surface area contributed by atoms with Crippen LogP contribution in [0.5, 0.6) is 0 Å². The van der Waals surface area contributed by atoms with Crippen molar-refractivity contribution in [3.05, 3.63) is 11.4 Å². The van der Waals surface area contributed by atoms with Gasteiger partial charge in [-0.1, -0.05) is 19.1 Å². The van der Waals surface area contributed by atoms with Gasteiger partial charge >= 0.3 is 5.97 Å². The van der Waals surface area contributed by atoms with Gasteiger partial charge in [0.1, 0.15) is 12.1 Å². The maximum absolute atomic E-state index is 13.3. The number of amides is 5. The topological polar surface area (TPSA) is 247 Å². The lowest BCUT2D eigenvalue weighted by atomic mass is 9.95. The van der Waals surface area contributed by atoms with Crippen LogP contribution in [-0.4, -0.2) is 90.6 Å². The molecule has 2 rings (SSSR count). The predicted octanol–water partition coefficient (Wildman–Crippen LogP) is -2.16. The van der Waals surface area contributed by atoms with Crippen molar-refractivity contribution < 1.29 is 33.9 Å². The molecule has 1 aromatic rings.